The number of esters is 2. The van der Waals surface area contributed by atoms with Gasteiger partial charge in [0.05, 0.1) is 39.8 Å². The van der Waals surface area contributed by atoms with Crippen LogP contribution in [0.25, 0.3) is 21.8 Å². The maximum Gasteiger partial charge on any atom is 0.340 e. The van der Waals surface area contributed by atoms with Crippen molar-refractivity contribution in [2.45, 2.75) is 62.2 Å². The van der Waals surface area contributed by atoms with Gasteiger partial charge in [-0.1, -0.05) is 41.6 Å². The number of hydrogen-bond acceptors (Lipinski definition) is 4. The fourth-order valence-electron chi connectivity index (χ4n) is 5.27. The van der Waals surface area contributed by atoms with Gasteiger partial charge in [0.2, 0.25) is 0 Å². The first-order chi connectivity index (χ1) is 19.6. The summed E-state index contributed by atoms with van der Waals surface area (Å²) in [5.41, 5.74) is 2.33. The molecule has 0 amide bonds. The van der Waals surface area contributed by atoms with E-state index in [9.17, 15) is 18.4 Å². The molecule has 0 spiro atoms. The first-order valence-corrected chi connectivity index (χ1v) is 15.9. The van der Waals surface area contributed by atoms with Crippen molar-refractivity contribution in [2.75, 3.05) is 14.2 Å². The summed E-state index contributed by atoms with van der Waals surface area (Å²) in [5.74, 6) is -1.68. The predicted octanol–water partition coefficient (Wildman–Crippen LogP) is 9.62. The summed E-state index contributed by atoms with van der Waals surface area (Å²) in [5, 5.41) is 1.13. The highest BCUT2D eigenvalue weighted by atomic mass is 79.9. The van der Waals surface area contributed by atoms with E-state index >= 15 is 0 Å². The van der Waals surface area contributed by atoms with Crippen LogP contribution in [0.4, 0.5) is 8.78 Å². The molecular weight excluding hydrogens is 730 g/mol. The Balaban J connectivity index is 0.000000161. The molecule has 2 aromatic carbocycles. The van der Waals surface area contributed by atoms with Crippen molar-refractivity contribution in [2.24, 2.45) is 0 Å². The Morgan fingerprint density at radius 2 is 1.37 bits per heavy atom. The van der Waals surface area contributed by atoms with Gasteiger partial charge in [0.25, 0.3) is 0 Å². The molecule has 0 radical (unpaired) electrons. The summed E-state index contributed by atoms with van der Waals surface area (Å²) < 4.78 is 39.3. The van der Waals surface area contributed by atoms with Crippen molar-refractivity contribution < 1.29 is 27.8 Å². The molecule has 41 heavy (non-hydrogen) atoms. The molecule has 0 bridgehead atoms. The molecule has 220 valence electrons. The second-order valence-electron chi connectivity index (χ2n) is 10.1. The minimum Gasteiger partial charge on any atom is -0.465 e. The van der Waals surface area contributed by atoms with Gasteiger partial charge in [0.15, 0.2) is 0 Å². The zero-order chi connectivity index (χ0) is 29.7. The van der Waals surface area contributed by atoms with E-state index in [1.54, 1.807) is 18.3 Å². The molecule has 2 fully saturated rings. The number of fused-ring (bicyclic) bond motifs is 2. The van der Waals surface area contributed by atoms with Gasteiger partial charge in [0.1, 0.15) is 11.6 Å². The Hall–Kier alpha value is -2.24. The molecule has 2 aliphatic rings. The van der Waals surface area contributed by atoms with Crippen LogP contribution in [0.2, 0.25) is 0 Å². The Kier molecular flexibility index (Phi) is 11.0. The van der Waals surface area contributed by atoms with Crippen LogP contribution in [0.1, 0.15) is 78.1 Å². The smallest absolute Gasteiger partial charge is 0.340 e. The van der Waals surface area contributed by atoms with Gasteiger partial charge in [-0.25, -0.2) is 18.4 Å². The van der Waals surface area contributed by atoms with E-state index in [-0.39, 0.29) is 5.82 Å². The zero-order valence-corrected chi connectivity index (χ0v) is 27.5. The lowest BCUT2D eigenvalue weighted by Gasteiger charge is -2.13. The van der Waals surface area contributed by atoms with Crippen LogP contribution in [-0.4, -0.2) is 40.5 Å². The summed E-state index contributed by atoms with van der Waals surface area (Å²) in [4.78, 5) is 26.9. The quantitative estimate of drug-likeness (QED) is 0.167. The number of hydrogen-bond donors (Lipinski definition) is 1. The van der Waals surface area contributed by atoms with E-state index in [0.29, 0.717) is 42.4 Å². The number of carbonyl (C=O) groups is 2. The van der Waals surface area contributed by atoms with Crippen molar-refractivity contribution in [3.63, 3.8) is 0 Å². The van der Waals surface area contributed by atoms with Crippen LogP contribution < -0.4 is 0 Å². The van der Waals surface area contributed by atoms with Gasteiger partial charge in [-0.3, -0.25) is 0 Å². The fourth-order valence-corrected chi connectivity index (χ4v) is 6.59. The molecule has 0 atom stereocenters. The lowest BCUT2D eigenvalue weighted by atomic mass is 10.1. The van der Waals surface area contributed by atoms with Crippen molar-refractivity contribution >= 4 is 81.5 Å². The Bertz CT molecular complexity index is 1540. The molecule has 2 saturated carbocycles. The summed E-state index contributed by atoms with van der Waals surface area (Å²) in [6, 6.07) is 6.40. The second kappa shape index (κ2) is 14.3. The molecule has 2 aromatic heterocycles. The molecule has 6 nitrogen and oxygen atoms in total. The molecule has 0 unspecified atom stereocenters. The van der Waals surface area contributed by atoms with Gasteiger partial charge in [-0.15, -0.1) is 0 Å². The zero-order valence-electron chi connectivity index (χ0n) is 22.7. The number of nitrogens with one attached hydrogen (secondary N) is 1. The monoisotopic (exact) mass is 758 g/mol. The maximum absolute atomic E-state index is 13.8. The van der Waals surface area contributed by atoms with Crippen molar-refractivity contribution in [3.8, 4) is 0 Å². The summed E-state index contributed by atoms with van der Waals surface area (Å²) in [6.45, 7) is 0. The third-order valence-electron chi connectivity index (χ3n) is 7.41. The van der Waals surface area contributed by atoms with Gasteiger partial charge >= 0.3 is 11.9 Å². The summed E-state index contributed by atoms with van der Waals surface area (Å²) in [6.07, 6.45) is 13.6. The summed E-state index contributed by atoms with van der Waals surface area (Å²) in [7, 11) is 2.63. The lowest BCUT2D eigenvalue weighted by Crippen LogP contribution is -2.03. The van der Waals surface area contributed by atoms with E-state index in [1.165, 1.54) is 71.1 Å². The minimum atomic E-state index is -0.483. The molecular formula is C30H31Br3F2N2O4. The van der Waals surface area contributed by atoms with Crippen LogP contribution in [-0.2, 0) is 9.47 Å². The largest absolute Gasteiger partial charge is 0.465 e. The van der Waals surface area contributed by atoms with Crippen molar-refractivity contribution in [3.05, 3.63) is 68.4 Å². The first-order valence-electron chi connectivity index (χ1n) is 13.4. The first kappa shape index (κ1) is 31.7. The highest BCUT2D eigenvalue weighted by molar-refractivity contribution is 9.10. The van der Waals surface area contributed by atoms with Crippen LogP contribution >= 0.6 is 47.8 Å². The average Bonchev–Trinajstić information content (AvgIpc) is 3.77. The van der Waals surface area contributed by atoms with Crippen LogP contribution in [0.15, 0.2) is 45.6 Å². The third kappa shape index (κ3) is 7.40. The number of halogens is 5. The molecule has 4 aromatic rings. The Morgan fingerprint density at radius 3 is 1.93 bits per heavy atom. The molecule has 2 aliphatic carbocycles. The highest BCUT2D eigenvalue weighted by Gasteiger charge is 2.24. The van der Waals surface area contributed by atoms with Gasteiger partial charge < -0.3 is 19.0 Å². The Labute approximate surface area is 262 Å². The van der Waals surface area contributed by atoms with Gasteiger partial charge in [0, 0.05) is 39.6 Å². The minimum absolute atomic E-state index is 0.332. The highest BCUT2D eigenvalue weighted by Crippen LogP contribution is 2.36. The second-order valence-corrected chi connectivity index (χ2v) is 13.1. The van der Waals surface area contributed by atoms with E-state index in [0.717, 1.165) is 23.2 Å². The van der Waals surface area contributed by atoms with E-state index < -0.39 is 17.8 Å². The molecule has 2 heterocycles. The Morgan fingerprint density at radius 1 is 0.829 bits per heavy atom. The predicted molar refractivity (Wildman–Crippen MR) is 167 cm³/mol. The van der Waals surface area contributed by atoms with E-state index in [4.69, 9.17) is 4.74 Å². The number of benzene rings is 2. The normalized spacial score (nSPS) is 15.4. The van der Waals surface area contributed by atoms with E-state index in [1.807, 2.05) is 0 Å². The van der Waals surface area contributed by atoms with Gasteiger partial charge in [-0.2, -0.15) is 0 Å². The molecule has 0 aliphatic heterocycles. The SMILES string of the molecule is BrC1CCCC1.COC(=O)c1c[nH]c2cc(Br)c(F)cc12.COC(=O)c1cn(C2CCCC2)c2cc(Br)c(F)cc12. The number of methoxy groups -OCH3 is 2. The average molecular weight is 761 g/mol. The molecule has 1 N–H and O–H groups in total. The number of aromatic amines is 1. The van der Waals surface area contributed by atoms with Crippen LogP contribution in [0.5, 0.6) is 0 Å². The maximum atomic E-state index is 13.8. The third-order valence-corrected chi connectivity index (χ3v) is 9.54. The number of alkyl halides is 1. The van der Waals surface area contributed by atoms with Gasteiger partial charge in [-0.05, 0) is 81.8 Å². The number of aromatic nitrogens is 2. The lowest BCUT2D eigenvalue weighted by molar-refractivity contribution is 0.0594. The number of H-pyrrole nitrogens is 1. The van der Waals surface area contributed by atoms with Crippen LogP contribution in [0.3, 0.4) is 0 Å². The van der Waals surface area contributed by atoms with Crippen LogP contribution in [0, 0.1) is 11.6 Å². The van der Waals surface area contributed by atoms with Crippen molar-refractivity contribution in [1.29, 1.82) is 0 Å². The fraction of sp³-hybridized carbons (Fsp3) is 0.400. The summed E-state index contributed by atoms with van der Waals surface area (Å²) >= 11 is 9.82. The van der Waals surface area contributed by atoms with E-state index in [2.05, 4.69) is 62.1 Å². The topological polar surface area (TPSA) is 73.3 Å². The number of rotatable bonds is 3. The standard InChI is InChI=1S/C15H15BrFNO2.C10H7BrFNO2.C5H9Br/c1-20-15(19)11-8-18(9-4-2-3-5-9)14-7-12(16)13(17)6-10(11)14;1-15-10(14)6-4-13-9-3-7(11)8(12)2-5(6)9;6-5-3-1-2-4-5/h6-9H,2-5H2,1H3;2-4,13H,1H3;5H,1-4H2. The number of carbonyl (C=O) groups excluding carboxylic acids is 2. The van der Waals surface area contributed by atoms with Crippen molar-refractivity contribution in [1.82, 2.24) is 9.55 Å². The molecule has 11 heteroatoms. The number of nitrogens with zero attached hydrogens (tertiary/aromatic N) is 1. The molecule has 0 saturated heterocycles. The molecule has 6 rings (SSSR count). The number of ether oxygens (including phenoxy) is 2.